The van der Waals surface area contributed by atoms with E-state index in [1.165, 1.54) is 0 Å². The van der Waals surface area contributed by atoms with E-state index in [2.05, 4.69) is 28.7 Å². The lowest BCUT2D eigenvalue weighted by Gasteiger charge is -2.04. The van der Waals surface area contributed by atoms with Crippen LogP contribution in [0.1, 0.15) is 25.3 Å². The van der Waals surface area contributed by atoms with Crippen LogP contribution >= 0.6 is 45.8 Å². The summed E-state index contributed by atoms with van der Waals surface area (Å²) in [5.74, 6) is 0. The molecule has 0 saturated carbocycles. The predicted molar refractivity (Wildman–Crippen MR) is 77.5 cm³/mol. The zero-order valence-electron chi connectivity index (χ0n) is 8.73. The first-order valence-electron chi connectivity index (χ1n) is 4.84. The molecular weight excluding hydrogens is 356 g/mol. The largest absolute Gasteiger partial charge is 0.193 e. The molecule has 0 N–H and O–H groups in total. The molecule has 0 unspecified atom stereocenters. The van der Waals surface area contributed by atoms with Crippen LogP contribution in [0.4, 0.5) is 0 Å². The van der Waals surface area contributed by atoms with Gasteiger partial charge in [-0.25, -0.2) is 0 Å². The molecule has 0 aliphatic heterocycles. The number of benzene rings is 1. The lowest BCUT2D eigenvalue weighted by molar-refractivity contribution is 0.933. The summed E-state index contributed by atoms with van der Waals surface area (Å²) in [6.45, 7) is 2.02. The maximum absolute atomic E-state index is 8.99. The second-order valence-electron chi connectivity index (χ2n) is 3.28. The van der Waals surface area contributed by atoms with Crippen LogP contribution in [-0.2, 0) is 0 Å². The second kappa shape index (κ2) is 6.48. The predicted octanol–water partition coefficient (Wildman–Crippen LogP) is 5.22. The molecule has 0 bridgehead atoms. The summed E-state index contributed by atoms with van der Waals surface area (Å²) in [7, 11) is 0. The minimum atomic E-state index is 0.502. The minimum absolute atomic E-state index is 0.502. The first-order valence-corrected chi connectivity index (χ1v) is 6.67. The summed E-state index contributed by atoms with van der Waals surface area (Å²) in [6.07, 6.45) is 1.59. The van der Waals surface area contributed by atoms with Gasteiger partial charge < -0.3 is 0 Å². The smallest absolute Gasteiger partial charge is 0.0962 e. The highest BCUT2D eigenvalue weighted by Gasteiger charge is 2.07. The van der Waals surface area contributed by atoms with E-state index >= 15 is 0 Å². The van der Waals surface area contributed by atoms with E-state index in [1.54, 1.807) is 6.07 Å². The molecule has 0 aromatic heterocycles. The van der Waals surface area contributed by atoms with Gasteiger partial charge in [0.1, 0.15) is 0 Å². The second-order valence-corrected chi connectivity index (χ2v) is 5.23. The van der Waals surface area contributed by atoms with E-state index in [1.807, 2.05) is 19.1 Å². The molecule has 0 fully saturated rings. The Kier molecular flexibility index (Phi) is 5.60. The molecule has 0 aliphatic carbocycles. The van der Waals surface area contributed by atoms with Crippen molar-refractivity contribution in [3.05, 3.63) is 37.9 Å². The van der Waals surface area contributed by atoms with Crippen molar-refractivity contribution in [2.45, 2.75) is 19.8 Å². The fourth-order valence-electron chi connectivity index (χ4n) is 1.27. The Labute approximate surface area is 119 Å². The van der Waals surface area contributed by atoms with Crippen molar-refractivity contribution in [2.75, 3.05) is 0 Å². The van der Waals surface area contributed by atoms with Gasteiger partial charge in [-0.1, -0.05) is 42.6 Å². The van der Waals surface area contributed by atoms with Gasteiger partial charge in [0.2, 0.25) is 0 Å². The van der Waals surface area contributed by atoms with Crippen LogP contribution in [0.25, 0.3) is 5.03 Å². The topological polar surface area (TPSA) is 23.8 Å². The van der Waals surface area contributed by atoms with Crippen molar-refractivity contribution in [2.24, 2.45) is 0 Å². The number of hydrogen-bond donors (Lipinski definition) is 0. The van der Waals surface area contributed by atoms with Crippen molar-refractivity contribution in [3.8, 4) is 6.07 Å². The van der Waals surface area contributed by atoms with E-state index in [9.17, 15) is 0 Å². The van der Waals surface area contributed by atoms with E-state index in [0.717, 1.165) is 15.6 Å². The molecule has 0 saturated heterocycles. The average Bonchev–Trinajstić information content (AvgIpc) is 2.28. The Bertz CT molecular complexity index is 461. The van der Waals surface area contributed by atoms with Gasteiger partial charge in [0, 0.05) is 9.14 Å². The van der Waals surface area contributed by atoms with Gasteiger partial charge in [-0.15, -0.1) is 0 Å². The molecule has 0 radical (unpaired) electrons. The first kappa shape index (κ1) is 13.8. The molecule has 0 spiro atoms. The molecule has 1 nitrogen and oxygen atoms in total. The highest BCUT2D eigenvalue weighted by atomic mass is 127. The van der Waals surface area contributed by atoms with Crippen molar-refractivity contribution in [1.29, 1.82) is 5.26 Å². The standard InChI is InChI=1S/C12H10Cl2IN/c1-2-3-9(7-16)12(14)8-4-5-11(15)10(13)6-8/h4-6H,2-3H2,1H3/b12-9-. The van der Waals surface area contributed by atoms with Crippen molar-refractivity contribution >= 4 is 50.8 Å². The summed E-state index contributed by atoms with van der Waals surface area (Å²) in [5.41, 5.74) is 1.42. The summed E-state index contributed by atoms with van der Waals surface area (Å²) >= 11 is 14.3. The van der Waals surface area contributed by atoms with Crippen molar-refractivity contribution < 1.29 is 0 Å². The maximum Gasteiger partial charge on any atom is 0.0962 e. The molecule has 4 heteroatoms. The molecule has 0 heterocycles. The van der Waals surface area contributed by atoms with Gasteiger partial charge in [0.25, 0.3) is 0 Å². The SMILES string of the molecule is CCC/C(C#N)=C(/Cl)c1ccc(I)c(Cl)c1. The van der Waals surface area contributed by atoms with Crippen LogP contribution in [0.5, 0.6) is 0 Å². The summed E-state index contributed by atoms with van der Waals surface area (Å²) in [4.78, 5) is 0. The molecule has 1 aromatic carbocycles. The van der Waals surface area contributed by atoms with E-state index in [-0.39, 0.29) is 0 Å². The summed E-state index contributed by atoms with van der Waals surface area (Å²) in [6, 6.07) is 7.70. The lowest BCUT2D eigenvalue weighted by Crippen LogP contribution is -1.86. The number of nitriles is 1. The minimum Gasteiger partial charge on any atom is -0.193 e. The third kappa shape index (κ3) is 3.38. The van der Waals surface area contributed by atoms with E-state index < -0.39 is 0 Å². The molecular formula is C12H10Cl2IN. The highest BCUT2D eigenvalue weighted by Crippen LogP contribution is 2.29. The fourth-order valence-corrected chi connectivity index (χ4v) is 2.04. The number of hydrogen-bond acceptors (Lipinski definition) is 1. The molecule has 1 aromatic rings. The molecule has 16 heavy (non-hydrogen) atoms. The van der Waals surface area contributed by atoms with Gasteiger partial charge in [0.05, 0.1) is 16.1 Å². The van der Waals surface area contributed by atoms with Gasteiger partial charge in [-0.2, -0.15) is 5.26 Å². The Hall–Kier alpha value is -0.240. The molecule has 84 valence electrons. The number of nitrogens with zero attached hydrogens (tertiary/aromatic N) is 1. The molecule has 0 aliphatic rings. The van der Waals surface area contributed by atoms with E-state index in [0.29, 0.717) is 22.0 Å². The third-order valence-electron chi connectivity index (χ3n) is 2.07. The van der Waals surface area contributed by atoms with Gasteiger partial charge in [0.15, 0.2) is 0 Å². The monoisotopic (exact) mass is 365 g/mol. The van der Waals surface area contributed by atoms with Crippen LogP contribution in [0.15, 0.2) is 23.8 Å². The third-order valence-corrected chi connectivity index (χ3v) is 4.09. The van der Waals surface area contributed by atoms with Gasteiger partial charge in [-0.3, -0.25) is 0 Å². The highest BCUT2D eigenvalue weighted by molar-refractivity contribution is 14.1. The number of allylic oxidation sites excluding steroid dienone is 1. The molecule has 0 amide bonds. The quantitative estimate of drug-likeness (QED) is 0.532. The zero-order valence-corrected chi connectivity index (χ0v) is 12.4. The van der Waals surface area contributed by atoms with Crippen LogP contribution in [0.2, 0.25) is 5.02 Å². The van der Waals surface area contributed by atoms with Crippen LogP contribution in [0.3, 0.4) is 0 Å². The number of halogens is 3. The first-order chi connectivity index (χ1) is 7.60. The summed E-state index contributed by atoms with van der Waals surface area (Å²) in [5, 5.41) is 10.1. The molecule has 1 rings (SSSR count). The Morgan fingerprint density at radius 2 is 2.19 bits per heavy atom. The fraction of sp³-hybridized carbons (Fsp3) is 0.250. The van der Waals surface area contributed by atoms with Crippen molar-refractivity contribution in [3.63, 3.8) is 0 Å². The van der Waals surface area contributed by atoms with Gasteiger partial charge in [-0.05, 0) is 46.7 Å². The van der Waals surface area contributed by atoms with Crippen LogP contribution < -0.4 is 0 Å². The van der Waals surface area contributed by atoms with Gasteiger partial charge >= 0.3 is 0 Å². The Morgan fingerprint density at radius 1 is 1.50 bits per heavy atom. The van der Waals surface area contributed by atoms with E-state index in [4.69, 9.17) is 28.5 Å². The van der Waals surface area contributed by atoms with Crippen LogP contribution in [-0.4, -0.2) is 0 Å². The Balaban J connectivity index is 3.17. The Morgan fingerprint density at radius 3 is 2.69 bits per heavy atom. The lowest BCUT2D eigenvalue weighted by atomic mass is 10.1. The normalized spacial score (nSPS) is 11.9. The zero-order chi connectivity index (χ0) is 12.1. The number of rotatable bonds is 3. The average molecular weight is 366 g/mol. The van der Waals surface area contributed by atoms with Crippen LogP contribution in [0, 0.1) is 14.9 Å². The summed E-state index contributed by atoms with van der Waals surface area (Å²) < 4.78 is 0.974. The maximum atomic E-state index is 8.99. The van der Waals surface area contributed by atoms with Crippen molar-refractivity contribution in [1.82, 2.24) is 0 Å². The molecule has 0 atom stereocenters.